The highest BCUT2D eigenvalue weighted by Gasteiger charge is 2.54. The zero-order chi connectivity index (χ0) is 12.7. The lowest BCUT2D eigenvalue weighted by Gasteiger charge is -2.31. The molecule has 6 nitrogen and oxygen atoms in total. The third kappa shape index (κ3) is 1.54. The molecule has 1 heterocycles. The van der Waals surface area contributed by atoms with Crippen molar-refractivity contribution in [1.29, 1.82) is 0 Å². The lowest BCUT2D eigenvalue weighted by Crippen LogP contribution is -2.55. The Balaban J connectivity index is 3.19. The minimum atomic E-state index is -1.49. The average molecular weight is 228 g/mol. The first-order chi connectivity index (χ1) is 7.16. The standard InChI is InChI=1S/C10H16N2O4/c1-5-10(4,7(14)15)12-6(13)9(2,3)11-8(12)16/h5H2,1-4H3,(H,11,16)(H,14,15). The molecule has 1 aliphatic rings. The number of imide groups is 1. The van der Waals surface area contributed by atoms with Crippen LogP contribution in [0.2, 0.25) is 0 Å². The molecule has 1 atom stereocenters. The van der Waals surface area contributed by atoms with Crippen molar-refractivity contribution in [2.75, 3.05) is 0 Å². The van der Waals surface area contributed by atoms with Crippen LogP contribution in [0, 0.1) is 0 Å². The molecule has 1 unspecified atom stereocenters. The van der Waals surface area contributed by atoms with Gasteiger partial charge in [0, 0.05) is 0 Å². The second kappa shape index (κ2) is 3.47. The van der Waals surface area contributed by atoms with Gasteiger partial charge in [0.25, 0.3) is 5.91 Å². The molecule has 0 spiro atoms. The largest absolute Gasteiger partial charge is 0.479 e. The highest BCUT2D eigenvalue weighted by molar-refractivity contribution is 6.09. The number of rotatable bonds is 3. The van der Waals surface area contributed by atoms with E-state index in [9.17, 15) is 14.4 Å². The smallest absolute Gasteiger partial charge is 0.329 e. The predicted molar refractivity (Wildman–Crippen MR) is 55.8 cm³/mol. The minimum Gasteiger partial charge on any atom is -0.479 e. The number of carbonyl (C=O) groups is 3. The Bertz CT molecular complexity index is 364. The number of nitrogens with zero attached hydrogens (tertiary/aromatic N) is 1. The maximum atomic E-state index is 11.9. The lowest BCUT2D eigenvalue weighted by atomic mass is 9.95. The SMILES string of the molecule is CCC(C)(C(=O)O)N1C(=O)NC(C)(C)C1=O. The second-order valence-electron chi connectivity index (χ2n) is 4.63. The van der Waals surface area contributed by atoms with Gasteiger partial charge in [-0.15, -0.1) is 0 Å². The molecule has 0 aromatic heterocycles. The van der Waals surface area contributed by atoms with E-state index in [1.54, 1.807) is 20.8 Å². The topological polar surface area (TPSA) is 86.7 Å². The average Bonchev–Trinajstić information content (AvgIpc) is 2.35. The van der Waals surface area contributed by atoms with Crippen LogP contribution in [0.5, 0.6) is 0 Å². The van der Waals surface area contributed by atoms with Crippen LogP contribution < -0.4 is 5.32 Å². The molecule has 0 aliphatic carbocycles. The van der Waals surface area contributed by atoms with Crippen molar-refractivity contribution in [3.8, 4) is 0 Å². The molecular weight excluding hydrogens is 212 g/mol. The molecule has 2 N–H and O–H groups in total. The van der Waals surface area contributed by atoms with E-state index in [0.717, 1.165) is 4.90 Å². The molecule has 1 saturated heterocycles. The summed E-state index contributed by atoms with van der Waals surface area (Å²) >= 11 is 0. The predicted octanol–water partition coefficient (Wildman–Crippen LogP) is 0.570. The van der Waals surface area contributed by atoms with E-state index in [2.05, 4.69) is 5.32 Å². The molecule has 0 aromatic rings. The Kier molecular flexibility index (Phi) is 2.70. The molecule has 3 amide bonds. The fourth-order valence-corrected chi connectivity index (χ4v) is 1.60. The number of aliphatic carboxylic acids is 1. The number of amides is 3. The van der Waals surface area contributed by atoms with Gasteiger partial charge in [-0.2, -0.15) is 0 Å². The van der Waals surface area contributed by atoms with Gasteiger partial charge in [0.05, 0.1) is 0 Å². The summed E-state index contributed by atoms with van der Waals surface area (Å²) in [5.74, 6) is -1.69. The molecule has 16 heavy (non-hydrogen) atoms. The van der Waals surface area contributed by atoms with Crippen LogP contribution in [0.1, 0.15) is 34.1 Å². The van der Waals surface area contributed by atoms with Crippen LogP contribution in [0.4, 0.5) is 4.79 Å². The van der Waals surface area contributed by atoms with E-state index >= 15 is 0 Å². The van der Waals surface area contributed by atoms with Crippen LogP contribution in [0.3, 0.4) is 0 Å². The monoisotopic (exact) mass is 228 g/mol. The molecule has 0 radical (unpaired) electrons. The number of carboxylic acids is 1. The van der Waals surface area contributed by atoms with Crippen LogP contribution in [-0.2, 0) is 9.59 Å². The Hall–Kier alpha value is -1.59. The first-order valence-electron chi connectivity index (χ1n) is 5.07. The number of nitrogens with one attached hydrogen (secondary N) is 1. The molecule has 0 bridgehead atoms. The van der Waals surface area contributed by atoms with Crippen LogP contribution in [0.15, 0.2) is 0 Å². The van der Waals surface area contributed by atoms with Crippen molar-refractivity contribution in [2.45, 2.75) is 45.2 Å². The molecule has 1 rings (SSSR count). The highest BCUT2D eigenvalue weighted by Crippen LogP contribution is 2.28. The van der Waals surface area contributed by atoms with Crippen molar-refractivity contribution in [1.82, 2.24) is 10.2 Å². The van der Waals surface area contributed by atoms with E-state index in [-0.39, 0.29) is 6.42 Å². The van der Waals surface area contributed by atoms with E-state index in [1.807, 2.05) is 0 Å². The van der Waals surface area contributed by atoms with Gasteiger partial charge in [-0.3, -0.25) is 4.79 Å². The number of urea groups is 1. The Morgan fingerprint density at radius 3 is 2.25 bits per heavy atom. The maximum Gasteiger partial charge on any atom is 0.329 e. The summed E-state index contributed by atoms with van der Waals surface area (Å²) in [6.07, 6.45) is 0.164. The number of carboxylic acid groups (broad SMARTS) is 1. The summed E-state index contributed by atoms with van der Waals surface area (Å²) in [7, 11) is 0. The lowest BCUT2D eigenvalue weighted by molar-refractivity contribution is -0.154. The number of hydrogen-bond donors (Lipinski definition) is 2. The fraction of sp³-hybridized carbons (Fsp3) is 0.700. The fourth-order valence-electron chi connectivity index (χ4n) is 1.60. The van der Waals surface area contributed by atoms with Crippen molar-refractivity contribution in [3.63, 3.8) is 0 Å². The molecule has 90 valence electrons. The van der Waals surface area contributed by atoms with Gasteiger partial charge < -0.3 is 10.4 Å². The summed E-state index contributed by atoms with van der Waals surface area (Å²) in [6.45, 7) is 6.09. The third-order valence-electron chi connectivity index (χ3n) is 3.00. The summed E-state index contributed by atoms with van der Waals surface area (Å²) in [5.41, 5.74) is -2.53. The van der Waals surface area contributed by atoms with Gasteiger partial charge in [-0.05, 0) is 27.2 Å². The quantitative estimate of drug-likeness (QED) is 0.691. The first kappa shape index (κ1) is 12.5. The first-order valence-corrected chi connectivity index (χ1v) is 5.07. The molecule has 0 saturated carbocycles. The van der Waals surface area contributed by atoms with E-state index in [4.69, 9.17) is 5.11 Å². The summed E-state index contributed by atoms with van der Waals surface area (Å²) in [5, 5.41) is 11.6. The van der Waals surface area contributed by atoms with Crippen molar-refractivity contribution in [3.05, 3.63) is 0 Å². The Morgan fingerprint density at radius 2 is 2.00 bits per heavy atom. The summed E-state index contributed by atoms with van der Waals surface area (Å²) in [6, 6.07) is -0.651. The normalized spacial score (nSPS) is 22.9. The van der Waals surface area contributed by atoms with Crippen molar-refractivity contribution >= 4 is 17.9 Å². The third-order valence-corrected chi connectivity index (χ3v) is 3.00. The van der Waals surface area contributed by atoms with Gasteiger partial charge in [-0.25, -0.2) is 14.5 Å². The molecule has 1 fully saturated rings. The van der Waals surface area contributed by atoms with E-state index < -0.39 is 29.0 Å². The van der Waals surface area contributed by atoms with Crippen molar-refractivity contribution < 1.29 is 19.5 Å². The van der Waals surface area contributed by atoms with Gasteiger partial charge in [-0.1, -0.05) is 6.92 Å². The molecule has 0 aromatic carbocycles. The molecular formula is C10H16N2O4. The number of hydrogen-bond acceptors (Lipinski definition) is 3. The van der Waals surface area contributed by atoms with Gasteiger partial charge >= 0.3 is 12.0 Å². The molecule has 6 heteroatoms. The van der Waals surface area contributed by atoms with Crippen LogP contribution >= 0.6 is 0 Å². The number of carbonyl (C=O) groups excluding carboxylic acids is 2. The van der Waals surface area contributed by atoms with Gasteiger partial charge in [0.2, 0.25) is 0 Å². The highest BCUT2D eigenvalue weighted by atomic mass is 16.4. The second-order valence-corrected chi connectivity index (χ2v) is 4.63. The van der Waals surface area contributed by atoms with Crippen molar-refractivity contribution in [2.24, 2.45) is 0 Å². The Labute approximate surface area is 93.6 Å². The Morgan fingerprint density at radius 1 is 1.50 bits per heavy atom. The van der Waals surface area contributed by atoms with Crippen LogP contribution in [-0.4, -0.2) is 39.0 Å². The van der Waals surface area contributed by atoms with Gasteiger partial charge in [0.1, 0.15) is 11.1 Å². The van der Waals surface area contributed by atoms with E-state index in [0.29, 0.717) is 0 Å². The minimum absolute atomic E-state index is 0.164. The van der Waals surface area contributed by atoms with E-state index in [1.165, 1.54) is 6.92 Å². The maximum absolute atomic E-state index is 11.9. The summed E-state index contributed by atoms with van der Waals surface area (Å²) < 4.78 is 0. The zero-order valence-corrected chi connectivity index (χ0v) is 9.83. The zero-order valence-electron chi connectivity index (χ0n) is 9.83. The van der Waals surface area contributed by atoms with Gasteiger partial charge in [0.15, 0.2) is 0 Å². The molecule has 1 aliphatic heterocycles. The van der Waals surface area contributed by atoms with Crippen LogP contribution in [0.25, 0.3) is 0 Å². The summed E-state index contributed by atoms with van der Waals surface area (Å²) in [4.78, 5) is 35.5.